The van der Waals surface area contributed by atoms with Gasteiger partial charge in [-0.1, -0.05) is 0 Å². The Morgan fingerprint density at radius 3 is 2.69 bits per heavy atom. The number of carbonyl (C=O) groups excluding carboxylic acids is 1. The number of nitrogens with zero attached hydrogens (tertiary/aromatic N) is 2. The molecule has 0 fully saturated rings. The number of rotatable bonds is 5. The molecule has 90 valence electrons. The Bertz CT molecular complexity index is 374. The molecule has 1 aromatic rings. The second-order valence-corrected chi connectivity index (χ2v) is 4.70. The lowest BCUT2D eigenvalue weighted by Gasteiger charge is -2.14. The van der Waals surface area contributed by atoms with Crippen LogP contribution in [-0.2, 0) is 4.74 Å². The molecule has 0 amide bonds. The SMILES string of the molecule is CCOC(C)C(=O)c1c(Br)cnn1C(C)C. The van der Waals surface area contributed by atoms with Crippen LogP contribution in [0.2, 0.25) is 0 Å². The fourth-order valence-corrected chi connectivity index (χ4v) is 1.95. The molecule has 1 rings (SSSR count). The third-order valence-corrected chi connectivity index (χ3v) is 2.84. The molecule has 0 spiro atoms. The van der Waals surface area contributed by atoms with Gasteiger partial charge in [0.2, 0.25) is 5.78 Å². The van der Waals surface area contributed by atoms with Gasteiger partial charge in [0.1, 0.15) is 11.8 Å². The summed E-state index contributed by atoms with van der Waals surface area (Å²) in [6.07, 6.45) is 1.21. The number of carbonyl (C=O) groups is 1. The summed E-state index contributed by atoms with van der Waals surface area (Å²) in [6.45, 7) is 8.14. The molecule has 0 saturated heterocycles. The molecule has 0 saturated carbocycles. The van der Waals surface area contributed by atoms with Gasteiger partial charge in [0.25, 0.3) is 0 Å². The van der Waals surface area contributed by atoms with Crippen molar-refractivity contribution in [2.45, 2.75) is 39.8 Å². The Morgan fingerprint density at radius 1 is 1.56 bits per heavy atom. The summed E-state index contributed by atoms with van der Waals surface area (Å²) in [5.41, 5.74) is 0.580. The Morgan fingerprint density at radius 2 is 2.19 bits per heavy atom. The van der Waals surface area contributed by atoms with Gasteiger partial charge in [-0.3, -0.25) is 9.48 Å². The van der Waals surface area contributed by atoms with Crippen molar-refractivity contribution >= 4 is 21.7 Å². The van der Waals surface area contributed by atoms with E-state index in [-0.39, 0.29) is 11.8 Å². The highest BCUT2D eigenvalue weighted by Gasteiger charge is 2.23. The van der Waals surface area contributed by atoms with E-state index in [9.17, 15) is 4.79 Å². The minimum Gasteiger partial charge on any atom is -0.371 e. The van der Waals surface area contributed by atoms with Crippen molar-refractivity contribution < 1.29 is 9.53 Å². The van der Waals surface area contributed by atoms with Crippen LogP contribution in [0.1, 0.15) is 44.2 Å². The Hall–Kier alpha value is -0.680. The zero-order chi connectivity index (χ0) is 12.3. The normalized spacial score (nSPS) is 13.1. The van der Waals surface area contributed by atoms with E-state index in [2.05, 4.69) is 21.0 Å². The van der Waals surface area contributed by atoms with Gasteiger partial charge in [-0.05, 0) is 43.6 Å². The monoisotopic (exact) mass is 288 g/mol. The number of hydrogen-bond acceptors (Lipinski definition) is 3. The van der Waals surface area contributed by atoms with E-state index in [1.165, 1.54) is 0 Å². The maximum absolute atomic E-state index is 12.1. The molecule has 4 nitrogen and oxygen atoms in total. The molecule has 0 aliphatic carbocycles. The van der Waals surface area contributed by atoms with Crippen LogP contribution in [-0.4, -0.2) is 28.3 Å². The molecule has 0 radical (unpaired) electrons. The number of Topliss-reactive ketones (excluding diaryl/α,β-unsaturated/α-hetero) is 1. The van der Waals surface area contributed by atoms with E-state index >= 15 is 0 Å². The first-order chi connectivity index (χ1) is 7.49. The van der Waals surface area contributed by atoms with Crippen LogP contribution in [0.4, 0.5) is 0 Å². The van der Waals surface area contributed by atoms with Crippen molar-refractivity contribution in [3.8, 4) is 0 Å². The van der Waals surface area contributed by atoms with Gasteiger partial charge in [0, 0.05) is 12.6 Å². The highest BCUT2D eigenvalue weighted by atomic mass is 79.9. The van der Waals surface area contributed by atoms with Crippen molar-refractivity contribution in [3.63, 3.8) is 0 Å². The third-order valence-electron chi connectivity index (χ3n) is 2.26. The fraction of sp³-hybridized carbons (Fsp3) is 0.636. The van der Waals surface area contributed by atoms with Gasteiger partial charge in [0.05, 0.1) is 10.7 Å². The molecule has 16 heavy (non-hydrogen) atoms. The Labute approximate surface area is 104 Å². The van der Waals surface area contributed by atoms with Crippen molar-refractivity contribution in [3.05, 3.63) is 16.4 Å². The third kappa shape index (κ3) is 2.71. The maximum Gasteiger partial charge on any atom is 0.210 e. The van der Waals surface area contributed by atoms with Crippen LogP contribution in [0.3, 0.4) is 0 Å². The predicted molar refractivity (Wildman–Crippen MR) is 65.7 cm³/mol. The van der Waals surface area contributed by atoms with Crippen LogP contribution in [0, 0.1) is 0 Å². The standard InChI is InChI=1S/C11H17BrN2O2/c1-5-16-8(4)11(15)10-9(12)6-13-14(10)7(2)3/h6-8H,5H2,1-4H3. The van der Waals surface area contributed by atoms with E-state index in [0.29, 0.717) is 12.3 Å². The molecule has 0 aromatic carbocycles. The molecule has 1 unspecified atom stereocenters. The molecule has 1 aromatic heterocycles. The lowest BCUT2D eigenvalue weighted by atomic mass is 10.2. The highest BCUT2D eigenvalue weighted by molar-refractivity contribution is 9.10. The number of halogens is 1. The van der Waals surface area contributed by atoms with Crippen molar-refractivity contribution in [1.82, 2.24) is 9.78 Å². The van der Waals surface area contributed by atoms with Crippen LogP contribution in [0.5, 0.6) is 0 Å². The topological polar surface area (TPSA) is 44.1 Å². The van der Waals surface area contributed by atoms with Crippen LogP contribution < -0.4 is 0 Å². The molecule has 0 aliphatic rings. The average Bonchev–Trinajstić information content (AvgIpc) is 2.59. The molecular formula is C11H17BrN2O2. The molecule has 5 heteroatoms. The summed E-state index contributed by atoms with van der Waals surface area (Å²) in [5.74, 6) is -0.0417. The maximum atomic E-state index is 12.1. The predicted octanol–water partition coefficient (Wildman–Crippen LogP) is 2.83. The first-order valence-electron chi connectivity index (χ1n) is 5.37. The molecule has 1 heterocycles. The van der Waals surface area contributed by atoms with Gasteiger partial charge in [0.15, 0.2) is 0 Å². The minimum absolute atomic E-state index is 0.0417. The van der Waals surface area contributed by atoms with E-state index in [4.69, 9.17) is 4.74 Å². The van der Waals surface area contributed by atoms with Crippen LogP contribution >= 0.6 is 15.9 Å². The van der Waals surface area contributed by atoms with E-state index in [1.54, 1.807) is 17.8 Å². The first kappa shape index (κ1) is 13.4. The molecule has 1 atom stereocenters. The number of aromatic nitrogens is 2. The van der Waals surface area contributed by atoms with Crippen molar-refractivity contribution in [2.24, 2.45) is 0 Å². The lowest BCUT2D eigenvalue weighted by molar-refractivity contribution is 0.0508. The highest BCUT2D eigenvalue weighted by Crippen LogP contribution is 2.21. The van der Waals surface area contributed by atoms with E-state index in [0.717, 1.165) is 4.47 Å². The van der Waals surface area contributed by atoms with Gasteiger partial charge in [-0.2, -0.15) is 5.10 Å². The van der Waals surface area contributed by atoms with Gasteiger partial charge in [-0.25, -0.2) is 0 Å². The van der Waals surface area contributed by atoms with Gasteiger partial charge >= 0.3 is 0 Å². The van der Waals surface area contributed by atoms with E-state index in [1.807, 2.05) is 20.8 Å². The summed E-state index contributed by atoms with van der Waals surface area (Å²) < 4.78 is 7.74. The van der Waals surface area contributed by atoms with Crippen molar-refractivity contribution in [2.75, 3.05) is 6.61 Å². The Kier molecular flexibility index (Phi) is 4.68. The number of hydrogen-bond donors (Lipinski definition) is 0. The zero-order valence-electron chi connectivity index (χ0n) is 10.0. The second-order valence-electron chi connectivity index (χ2n) is 3.84. The summed E-state index contributed by atoms with van der Waals surface area (Å²) in [7, 11) is 0. The lowest BCUT2D eigenvalue weighted by Crippen LogP contribution is -2.25. The van der Waals surface area contributed by atoms with E-state index < -0.39 is 6.10 Å². The quantitative estimate of drug-likeness (QED) is 0.783. The van der Waals surface area contributed by atoms with Crippen LogP contribution in [0.15, 0.2) is 10.7 Å². The minimum atomic E-state index is -0.435. The molecule has 0 aliphatic heterocycles. The summed E-state index contributed by atoms with van der Waals surface area (Å²) in [6, 6.07) is 0.152. The van der Waals surface area contributed by atoms with Crippen molar-refractivity contribution in [1.29, 1.82) is 0 Å². The van der Waals surface area contributed by atoms with Gasteiger partial charge < -0.3 is 4.74 Å². The summed E-state index contributed by atoms with van der Waals surface area (Å²) in [4.78, 5) is 12.1. The molecule has 0 N–H and O–H groups in total. The summed E-state index contributed by atoms with van der Waals surface area (Å²) >= 11 is 3.35. The van der Waals surface area contributed by atoms with Gasteiger partial charge in [-0.15, -0.1) is 0 Å². The second kappa shape index (κ2) is 5.59. The fourth-order valence-electron chi connectivity index (χ4n) is 1.48. The van der Waals surface area contributed by atoms with Crippen LogP contribution in [0.25, 0.3) is 0 Å². The zero-order valence-corrected chi connectivity index (χ0v) is 11.6. The largest absolute Gasteiger partial charge is 0.371 e. The Balaban J connectivity index is 3.02. The smallest absolute Gasteiger partial charge is 0.210 e. The number of ketones is 1. The number of ether oxygens (including phenoxy) is 1. The summed E-state index contributed by atoms with van der Waals surface area (Å²) in [5, 5.41) is 4.17. The molecular weight excluding hydrogens is 272 g/mol. The average molecular weight is 289 g/mol. The first-order valence-corrected chi connectivity index (χ1v) is 6.17. The molecule has 0 bridgehead atoms.